The third kappa shape index (κ3) is 1.73. The van der Waals surface area contributed by atoms with Crippen LogP contribution < -0.4 is 15.2 Å². The highest BCUT2D eigenvalue weighted by molar-refractivity contribution is 6.33. The van der Waals surface area contributed by atoms with Gasteiger partial charge in [0.05, 0.1) is 31.4 Å². The molecule has 1 aliphatic rings. The molecule has 0 fully saturated rings. The summed E-state index contributed by atoms with van der Waals surface area (Å²) < 4.78 is 10.7. The van der Waals surface area contributed by atoms with E-state index in [1.807, 2.05) is 0 Å². The van der Waals surface area contributed by atoms with Crippen molar-refractivity contribution in [2.45, 2.75) is 12.5 Å². The van der Waals surface area contributed by atoms with E-state index >= 15 is 0 Å². The first-order valence-corrected chi connectivity index (χ1v) is 5.45. The third-order valence-electron chi connectivity index (χ3n) is 2.72. The van der Waals surface area contributed by atoms with Gasteiger partial charge in [0.25, 0.3) is 0 Å². The molecule has 0 bridgehead atoms. The number of hydrogen-bond acceptors (Lipinski definition) is 4. The second-order valence-corrected chi connectivity index (χ2v) is 4.06. The molecule has 1 heterocycles. The highest BCUT2D eigenvalue weighted by Gasteiger charge is 2.24. The zero-order valence-corrected chi connectivity index (χ0v) is 9.75. The van der Waals surface area contributed by atoms with Crippen LogP contribution in [0, 0.1) is 0 Å². The SMILES string of the molecule is COc1c(C(N)CO)cc2c(c1Cl)CCO2. The molecule has 0 spiro atoms. The van der Waals surface area contributed by atoms with E-state index in [0.717, 1.165) is 17.7 Å². The second kappa shape index (κ2) is 4.49. The average Bonchev–Trinajstić information content (AvgIpc) is 2.76. The van der Waals surface area contributed by atoms with Crippen LogP contribution in [0.5, 0.6) is 11.5 Å². The van der Waals surface area contributed by atoms with Gasteiger partial charge in [0.15, 0.2) is 0 Å². The molecule has 88 valence electrons. The number of hydrogen-bond donors (Lipinski definition) is 2. The van der Waals surface area contributed by atoms with E-state index in [2.05, 4.69) is 0 Å². The van der Waals surface area contributed by atoms with Crippen molar-refractivity contribution in [1.29, 1.82) is 0 Å². The Morgan fingerprint density at radius 2 is 2.44 bits per heavy atom. The van der Waals surface area contributed by atoms with Crippen LogP contribution in [0.15, 0.2) is 6.07 Å². The van der Waals surface area contributed by atoms with Crippen LogP contribution in [-0.2, 0) is 6.42 Å². The predicted molar refractivity (Wildman–Crippen MR) is 61.2 cm³/mol. The lowest BCUT2D eigenvalue weighted by Crippen LogP contribution is -2.16. The summed E-state index contributed by atoms with van der Waals surface area (Å²) in [6.07, 6.45) is 0.777. The topological polar surface area (TPSA) is 64.7 Å². The van der Waals surface area contributed by atoms with E-state index < -0.39 is 6.04 Å². The summed E-state index contributed by atoms with van der Waals surface area (Å²) in [6, 6.07) is 1.29. The number of nitrogens with two attached hydrogens (primary N) is 1. The zero-order valence-electron chi connectivity index (χ0n) is 9.00. The number of aliphatic hydroxyl groups is 1. The molecular weight excluding hydrogens is 230 g/mol. The summed E-state index contributed by atoms with van der Waals surface area (Å²) in [5.41, 5.74) is 7.42. The van der Waals surface area contributed by atoms with Crippen molar-refractivity contribution in [2.75, 3.05) is 20.3 Å². The van der Waals surface area contributed by atoms with Crippen molar-refractivity contribution in [2.24, 2.45) is 5.73 Å². The second-order valence-electron chi connectivity index (χ2n) is 3.68. The summed E-state index contributed by atoms with van der Waals surface area (Å²) in [6.45, 7) is 0.460. The molecule has 1 atom stereocenters. The van der Waals surface area contributed by atoms with Crippen LogP contribution in [0.2, 0.25) is 5.02 Å². The van der Waals surface area contributed by atoms with E-state index in [9.17, 15) is 0 Å². The summed E-state index contributed by atoms with van der Waals surface area (Å²) in [5, 5.41) is 9.62. The van der Waals surface area contributed by atoms with Crippen molar-refractivity contribution in [3.8, 4) is 11.5 Å². The lowest BCUT2D eigenvalue weighted by Gasteiger charge is -2.17. The Morgan fingerprint density at radius 1 is 1.69 bits per heavy atom. The molecule has 1 aromatic rings. The summed E-state index contributed by atoms with van der Waals surface area (Å²) >= 11 is 6.22. The number of fused-ring (bicyclic) bond motifs is 1. The number of halogens is 1. The number of aliphatic hydroxyl groups excluding tert-OH is 1. The van der Waals surface area contributed by atoms with Gasteiger partial charge in [-0.3, -0.25) is 0 Å². The molecule has 16 heavy (non-hydrogen) atoms. The fourth-order valence-electron chi connectivity index (χ4n) is 1.87. The molecule has 4 nitrogen and oxygen atoms in total. The average molecular weight is 244 g/mol. The largest absolute Gasteiger partial charge is 0.495 e. The highest BCUT2D eigenvalue weighted by atomic mass is 35.5. The molecule has 5 heteroatoms. The molecule has 0 radical (unpaired) electrons. The minimum atomic E-state index is -0.512. The fraction of sp³-hybridized carbons (Fsp3) is 0.455. The molecule has 2 rings (SSSR count). The molecule has 1 unspecified atom stereocenters. The molecular formula is C11H14ClNO3. The number of rotatable bonds is 3. The van der Waals surface area contributed by atoms with Crippen LogP contribution in [-0.4, -0.2) is 25.4 Å². The minimum Gasteiger partial charge on any atom is -0.495 e. The first-order chi connectivity index (χ1) is 7.69. The number of methoxy groups -OCH3 is 1. The van der Waals surface area contributed by atoms with Crippen LogP contribution in [0.1, 0.15) is 17.2 Å². The first-order valence-electron chi connectivity index (χ1n) is 5.07. The van der Waals surface area contributed by atoms with Crippen LogP contribution in [0.25, 0.3) is 0 Å². The third-order valence-corrected chi connectivity index (χ3v) is 3.12. The van der Waals surface area contributed by atoms with Gasteiger partial charge < -0.3 is 20.3 Å². The summed E-state index contributed by atoms with van der Waals surface area (Å²) in [5.74, 6) is 1.28. The van der Waals surface area contributed by atoms with Gasteiger partial charge in [0.1, 0.15) is 11.5 Å². The van der Waals surface area contributed by atoms with Crippen molar-refractivity contribution < 1.29 is 14.6 Å². The summed E-state index contributed by atoms with van der Waals surface area (Å²) in [7, 11) is 1.54. The van der Waals surface area contributed by atoms with Crippen LogP contribution in [0.3, 0.4) is 0 Å². The smallest absolute Gasteiger partial charge is 0.142 e. The Bertz CT molecular complexity index is 409. The van der Waals surface area contributed by atoms with Gasteiger partial charge in [-0.15, -0.1) is 0 Å². The van der Waals surface area contributed by atoms with Crippen LogP contribution >= 0.6 is 11.6 Å². The molecule has 1 aromatic carbocycles. The molecule has 1 aliphatic heterocycles. The van der Waals surface area contributed by atoms with Gasteiger partial charge in [-0.1, -0.05) is 11.6 Å². The van der Waals surface area contributed by atoms with Gasteiger partial charge in [-0.05, 0) is 6.07 Å². The van der Waals surface area contributed by atoms with Gasteiger partial charge in [-0.2, -0.15) is 0 Å². The Hall–Kier alpha value is -0.970. The molecule has 0 saturated heterocycles. The van der Waals surface area contributed by atoms with Gasteiger partial charge >= 0.3 is 0 Å². The quantitative estimate of drug-likeness (QED) is 0.839. The van der Waals surface area contributed by atoms with E-state index in [0.29, 0.717) is 22.9 Å². The molecule has 0 aliphatic carbocycles. The minimum absolute atomic E-state index is 0.161. The standard InChI is InChI=1S/C11H14ClNO3/c1-15-11-7(8(13)5-14)4-9-6(10(11)12)2-3-16-9/h4,8,14H,2-3,5,13H2,1H3. The highest BCUT2D eigenvalue weighted by Crippen LogP contribution is 2.42. The maximum atomic E-state index is 9.08. The number of ether oxygens (including phenoxy) is 2. The predicted octanol–water partition coefficient (Wildman–Crippen LogP) is 1.28. The lowest BCUT2D eigenvalue weighted by molar-refractivity contribution is 0.264. The Labute approximate surface area is 98.9 Å². The molecule has 0 saturated carbocycles. The summed E-state index contributed by atoms with van der Waals surface area (Å²) in [4.78, 5) is 0. The normalized spacial score (nSPS) is 15.5. The van der Waals surface area contributed by atoms with E-state index in [-0.39, 0.29) is 6.61 Å². The number of benzene rings is 1. The van der Waals surface area contributed by atoms with E-state index in [1.54, 1.807) is 6.07 Å². The van der Waals surface area contributed by atoms with Crippen molar-refractivity contribution in [1.82, 2.24) is 0 Å². The fourth-order valence-corrected chi connectivity index (χ4v) is 2.25. The molecule has 3 N–H and O–H groups in total. The van der Waals surface area contributed by atoms with Crippen molar-refractivity contribution >= 4 is 11.6 Å². The Kier molecular flexibility index (Phi) is 3.23. The molecule has 0 amide bonds. The van der Waals surface area contributed by atoms with Gasteiger partial charge in [0, 0.05) is 17.5 Å². The zero-order chi connectivity index (χ0) is 11.7. The van der Waals surface area contributed by atoms with Crippen molar-refractivity contribution in [3.05, 3.63) is 22.2 Å². The Balaban J connectivity index is 2.56. The van der Waals surface area contributed by atoms with Gasteiger partial charge in [-0.25, -0.2) is 0 Å². The van der Waals surface area contributed by atoms with E-state index in [1.165, 1.54) is 7.11 Å². The van der Waals surface area contributed by atoms with E-state index in [4.69, 9.17) is 31.9 Å². The maximum Gasteiger partial charge on any atom is 0.142 e. The van der Waals surface area contributed by atoms with Crippen LogP contribution in [0.4, 0.5) is 0 Å². The first kappa shape index (κ1) is 11.5. The lowest BCUT2D eigenvalue weighted by atomic mass is 10.0. The van der Waals surface area contributed by atoms with Crippen molar-refractivity contribution in [3.63, 3.8) is 0 Å². The maximum absolute atomic E-state index is 9.08. The monoisotopic (exact) mass is 243 g/mol. The van der Waals surface area contributed by atoms with Gasteiger partial charge in [0.2, 0.25) is 0 Å². The molecule has 0 aromatic heterocycles. The Morgan fingerprint density at radius 3 is 3.06 bits per heavy atom.